The fourth-order valence-corrected chi connectivity index (χ4v) is 2.38. The van der Waals surface area contributed by atoms with Crippen LogP contribution in [-0.4, -0.2) is 35.1 Å². The van der Waals surface area contributed by atoms with Gasteiger partial charge in [-0.05, 0) is 42.5 Å². The van der Waals surface area contributed by atoms with E-state index in [0.29, 0.717) is 22.9 Å². The summed E-state index contributed by atoms with van der Waals surface area (Å²) < 4.78 is 11.7. The van der Waals surface area contributed by atoms with E-state index in [1.807, 2.05) is 24.3 Å². The second kappa shape index (κ2) is 6.45. The summed E-state index contributed by atoms with van der Waals surface area (Å²) in [5.41, 5.74) is 2.06. The van der Waals surface area contributed by atoms with Gasteiger partial charge in [0.15, 0.2) is 5.69 Å². The Hall–Kier alpha value is -3.28. The summed E-state index contributed by atoms with van der Waals surface area (Å²) in [5.74, 6) is 0.326. The van der Waals surface area contributed by atoms with Crippen molar-refractivity contribution in [1.29, 1.82) is 0 Å². The molecule has 0 bridgehead atoms. The lowest BCUT2D eigenvalue weighted by atomic mass is 10.1. The third-order valence-electron chi connectivity index (χ3n) is 3.61. The third-order valence-corrected chi connectivity index (χ3v) is 3.61. The zero-order valence-corrected chi connectivity index (χ0v) is 13.3. The SMILES string of the molecule is COc1ccc(-n2nc(-c3cccc(OC)c3)cc2C(=O)O)cc1. The van der Waals surface area contributed by atoms with Crippen LogP contribution in [0.2, 0.25) is 0 Å². The van der Waals surface area contributed by atoms with Gasteiger partial charge in [-0.25, -0.2) is 9.48 Å². The van der Waals surface area contributed by atoms with Crippen LogP contribution in [0.15, 0.2) is 54.6 Å². The van der Waals surface area contributed by atoms with Gasteiger partial charge in [0.1, 0.15) is 11.5 Å². The van der Waals surface area contributed by atoms with Crippen LogP contribution in [0.25, 0.3) is 16.9 Å². The second-order valence-corrected chi connectivity index (χ2v) is 5.06. The first-order valence-electron chi connectivity index (χ1n) is 7.24. The molecule has 0 aliphatic carbocycles. The van der Waals surface area contributed by atoms with Gasteiger partial charge in [0, 0.05) is 5.56 Å². The van der Waals surface area contributed by atoms with Crippen molar-refractivity contribution in [2.75, 3.05) is 14.2 Å². The van der Waals surface area contributed by atoms with E-state index in [2.05, 4.69) is 5.10 Å². The number of aromatic carboxylic acids is 1. The number of carbonyl (C=O) groups is 1. The van der Waals surface area contributed by atoms with Crippen molar-refractivity contribution in [3.63, 3.8) is 0 Å². The highest BCUT2D eigenvalue weighted by molar-refractivity contribution is 5.88. The van der Waals surface area contributed by atoms with E-state index in [-0.39, 0.29) is 5.69 Å². The van der Waals surface area contributed by atoms with Crippen LogP contribution in [0.3, 0.4) is 0 Å². The lowest BCUT2D eigenvalue weighted by Crippen LogP contribution is -2.07. The number of benzene rings is 2. The molecule has 0 amide bonds. The Balaban J connectivity index is 2.08. The summed E-state index contributed by atoms with van der Waals surface area (Å²) in [5, 5.41) is 13.9. The van der Waals surface area contributed by atoms with Gasteiger partial charge in [0.05, 0.1) is 25.6 Å². The van der Waals surface area contributed by atoms with Gasteiger partial charge in [-0.3, -0.25) is 0 Å². The normalized spacial score (nSPS) is 10.4. The number of carboxylic acids is 1. The zero-order chi connectivity index (χ0) is 17.1. The largest absolute Gasteiger partial charge is 0.497 e. The Morgan fingerprint density at radius 2 is 1.71 bits per heavy atom. The van der Waals surface area contributed by atoms with Crippen molar-refractivity contribution >= 4 is 5.97 Å². The van der Waals surface area contributed by atoms with E-state index >= 15 is 0 Å². The maximum atomic E-state index is 11.6. The van der Waals surface area contributed by atoms with E-state index in [4.69, 9.17) is 9.47 Å². The van der Waals surface area contributed by atoms with Crippen molar-refractivity contribution in [3.05, 3.63) is 60.3 Å². The van der Waals surface area contributed by atoms with Crippen LogP contribution in [0.4, 0.5) is 0 Å². The van der Waals surface area contributed by atoms with Gasteiger partial charge in [-0.2, -0.15) is 5.10 Å². The number of hydrogen-bond donors (Lipinski definition) is 1. The molecule has 0 fully saturated rings. The van der Waals surface area contributed by atoms with Gasteiger partial charge >= 0.3 is 5.97 Å². The molecule has 0 radical (unpaired) electrons. The number of carboxylic acid groups (broad SMARTS) is 1. The highest BCUT2D eigenvalue weighted by atomic mass is 16.5. The molecule has 1 heterocycles. The van der Waals surface area contributed by atoms with Gasteiger partial charge in [0.2, 0.25) is 0 Å². The van der Waals surface area contributed by atoms with E-state index in [1.165, 1.54) is 4.68 Å². The first kappa shape index (κ1) is 15.6. The highest BCUT2D eigenvalue weighted by Gasteiger charge is 2.17. The highest BCUT2D eigenvalue weighted by Crippen LogP contribution is 2.25. The third kappa shape index (κ3) is 2.94. The molecule has 0 aliphatic rings. The number of nitrogens with zero attached hydrogens (tertiary/aromatic N) is 2. The zero-order valence-electron chi connectivity index (χ0n) is 13.3. The minimum Gasteiger partial charge on any atom is -0.497 e. The molecule has 0 unspecified atom stereocenters. The van der Waals surface area contributed by atoms with Gasteiger partial charge in [0.25, 0.3) is 0 Å². The van der Waals surface area contributed by atoms with Gasteiger partial charge < -0.3 is 14.6 Å². The smallest absolute Gasteiger partial charge is 0.354 e. The van der Waals surface area contributed by atoms with Gasteiger partial charge in [-0.1, -0.05) is 12.1 Å². The number of ether oxygens (including phenoxy) is 2. The summed E-state index contributed by atoms with van der Waals surface area (Å²) in [6, 6.07) is 15.9. The van der Waals surface area contributed by atoms with Crippen molar-refractivity contribution in [2.24, 2.45) is 0 Å². The molecule has 6 nitrogen and oxygen atoms in total. The topological polar surface area (TPSA) is 73.6 Å². The Kier molecular flexibility index (Phi) is 4.20. The quantitative estimate of drug-likeness (QED) is 0.780. The molecule has 6 heteroatoms. The molecule has 3 rings (SSSR count). The van der Waals surface area contributed by atoms with Crippen LogP contribution in [0.1, 0.15) is 10.5 Å². The molecule has 24 heavy (non-hydrogen) atoms. The average Bonchev–Trinajstić information content (AvgIpc) is 3.07. The van der Waals surface area contributed by atoms with Crippen LogP contribution < -0.4 is 9.47 Å². The maximum Gasteiger partial charge on any atom is 0.354 e. The Labute approximate surface area is 138 Å². The van der Waals surface area contributed by atoms with E-state index in [1.54, 1.807) is 44.6 Å². The lowest BCUT2D eigenvalue weighted by molar-refractivity contribution is 0.0687. The Morgan fingerprint density at radius 3 is 2.33 bits per heavy atom. The summed E-state index contributed by atoms with van der Waals surface area (Å²) in [4.78, 5) is 11.6. The number of methoxy groups -OCH3 is 2. The Bertz CT molecular complexity index is 869. The molecule has 2 aromatic carbocycles. The van der Waals surface area contributed by atoms with E-state index in [0.717, 1.165) is 5.56 Å². The predicted octanol–water partition coefficient (Wildman–Crippen LogP) is 3.25. The minimum atomic E-state index is -1.05. The fourth-order valence-electron chi connectivity index (χ4n) is 2.38. The van der Waals surface area contributed by atoms with Crippen LogP contribution in [-0.2, 0) is 0 Å². The van der Waals surface area contributed by atoms with Crippen molar-refractivity contribution in [3.8, 4) is 28.4 Å². The first-order valence-corrected chi connectivity index (χ1v) is 7.24. The molecule has 1 N–H and O–H groups in total. The summed E-state index contributed by atoms with van der Waals surface area (Å²) >= 11 is 0. The fraction of sp³-hybridized carbons (Fsp3) is 0.111. The minimum absolute atomic E-state index is 0.0815. The van der Waals surface area contributed by atoms with E-state index < -0.39 is 5.97 Å². The monoisotopic (exact) mass is 324 g/mol. The standard InChI is InChI=1S/C18H16N2O4/c1-23-14-8-6-13(7-9-14)20-17(18(21)22)11-16(19-20)12-4-3-5-15(10-12)24-2/h3-11H,1-2H3,(H,21,22). The summed E-state index contributed by atoms with van der Waals surface area (Å²) in [6.07, 6.45) is 0. The number of rotatable bonds is 5. The maximum absolute atomic E-state index is 11.6. The van der Waals surface area contributed by atoms with Crippen molar-refractivity contribution < 1.29 is 19.4 Å². The predicted molar refractivity (Wildman–Crippen MR) is 89.1 cm³/mol. The van der Waals surface area contributed by atoms with Crippen LogP contribution in [0, 0.1) is 0 Å². The summed E-state index contributed by atoms with van der Waals surface area (Å²) in [7, 11) is 3.16. The Morgan fingerprint density at radius 1 is 1.00 bits per heavy atom. The number of hydrogen-bond acceptors (Lipinski definition) is 4. The molecule has 122 valence electrons. The van der Waals surface area contributed by atoms with E-state index in [9.17, 15) is 9.90 Å². The molecular formula is C18H16N2O4. The van der Waals surface area contributed by atoms with Crippen LogP contribution >= 0.6 is 0 Å². The molecule has 3 aromatic rings. The second-order valence-electron chi connectivity index (χ2n) is 5.06. The lowest BCUT2D eigenvalue weighted by Gasteiger charge is -2.06. The molecule has 0 aliphatic heterocycles. The van der Waals surface area contributed by atoms with Crippen LogP contribution in [0.5, 0.6) is 11.5 Å². The molecule has 0 spiro atoms. The molecular weight excluding hydrogens is 308 g/mol. The first-order chi connectivity index (χ1) is 11.6. The molecule has 0 saturated heterocycles. The average molecular weight is 324 g/mol. The summed E-state index contributed by atoms with van der Waals surface area (Å²) in [6.45, 7) is 0. The van der Waals surface area contributed by atoms with Crippen molar-refractivity contribution in [1.82, 2.24) is 9.78 Å². The number of aromatic nitrogens is 2. The van der Waals surface area contributed by atoms with Crippen molar-refractivity contribution in [2.45, 2.75) is 0 Å². The van der Waals surface area contributed by atoms with Gasteiger partial charge in [-0.15, -0.1) is 0 Å². The molecule has 1 aromatic heterocycles. The molecule has 0 atom stereocenters. The molecule has 0 saturated carbocycles.